The van der Waals surface area contributed by atoms with Gasteiger partial charge in [-0.1, -0.05) is 15.9 Å². The van der Waals surface area contributed by atoms with Gasteiger partial charge in [-0.15, -0.1) is 0 Å². The van der Waals surface area contributed by atoms with E-state index < -0.39 is 11.7 Å². The summed E-state index contributed by atoms with van der Waals surface area (Å²) in [6.45, 7) is 1.68. The normalized spacial score (nSPS) is 12.3. The number of hydrogen-bond acceptors (Lipinski definition) is 1. The van der Waals surface area contributed by atoms with E-state index in [1.807, 2.05) is 0 Å². The molecule has 0 aliphatic heterocycles. The van der Waals surface area contributed by atoms with Crippen molar-refractivity contribution in [1.82, 2.24) is 10.2 Å². The average molecular weight is 279 g/mol. The smallest absolute Gasteiger partial charge is 0.282 e. The molecule has 2 aromatic rings. The molecule has 0 unspecified atom stereocenters. The average Bonchev–Trinajstić information content (AvgIpc) is 2.47. The van der Waals surface area contributed by atoms with Gasteiger partial charge in [0.1, 0.15) is 5.52 Å². The molecule has 0 spiro atoms. The lowest BCUT2D eigenvalue weighted by Gasteiger charge is -2.07. The van der Waals surface area contributed by atoms with Crippen LogP contribution in [-0.2, 0) is 6.18 Å². The largest absolute Gasteiger partial charge is 0.418 e. The van der Waals surface area contributed by atoms with E-state index in [0.29, 0.717) is 15.6 Å². The van der Waals surface area contributed by atoms with Crippen LogP contribution in [0, 0.1) is 6.92 Å². The maximum absolute atomic E-state index is 12.6. The lowest BCUT2D eigenvalue weighted by atomic mass is 10.1. The van der Waals surface area contributed by atoms with Crippen LogP contribution in [-0.4, -0.2) is 10.2 Å². The van der Waals surface area contributed by atoms with Gasteiger partial charge >= 0.3 is 6.18 Å². The molecule has 0 atom stereocenters. The molecule has 0 aliphatic carbocycles. The molecule has 0 amide bonds. The number of hydrogen-bond donors (Lipinski definition) is 1. The highest BCUT2D eigenvalue weighted by atomic mass is 79.9. The predicted molar refractivity (Wildman–Crippen MR) is 53.5 cm³/mol. The van der Waals surface area contributed by atoms with Crippen molar-refractivity contribution in [2.75, 3.05) is 0 Å². The Bertz CT molecular complexity index is 516. The first-order valence-corrected chi connectivity index (χ1v) is 4.91. The van der Waals surface area contributed by atoms with Crippen molar-refractivity contribution in [2.45, 2.75) is 13.1 Å². The van der Waals surface area contributed by atoms with Gasteiger partial charge in [-0.05, 0) is 19.1 Å². The summed E-state index contributed by atoms with van der Waals surface area (Å²) in [4.78, 5) is 0. The van der Waals surface area contributed by atoms with Gasteiger partial charge in [-0.25, -0.2) is 0 Å². The van der Waals surface area contributed by atoms with E-state index in [1.165, 1.54) is 6.07 Å². The molecule has 1 N–H and O–H groups in total. The van der Waals surface area contributed by atoms with Crippen molar-refractivity contribution in [3.8, 4) is 0 Å². The van der Waals surface area contributed by atoms with Gasteiger partial charge < -0.3 is 0 Å². The molecule has 6 heteroatoms. The van der Waals surface area contributed by atoms with E-state index in [0.717, 1.165) is 6.07 Å². The van der Waals surface area contributed by atoms with E-state index in [1.54, 1.807) is 6.92 Å². The number of aryl methyl sites for hydroxylation is 1. The zero-order chi connectivity index (χ0) is 11.2. The molecule has 0 aliphatic rings. The lowest BCUT2D eigenvalue weighted by molar-refractivity contribution is -0.136. The Morgan fingerprint density at radius 1 is 1.33 bits per heavy atom. The highest BCUT2D eigenvalue weighted by Gasteiger charge is 2.34. The number of aromatic nitrogens is 2. The second-order valence-electron chi connectivity index (χ2n) is 3.16. The predicted octanol–water partition coefficient (Wildman–Crippen LogP) is 3.65. The van der Waals surface area contributed by atoms with Crippen molar-refractivity contribution in [3.05, 3.63) is 27.9 Å². The van der Waals surface area contributed by atoms with Crippen molar-refractivity contribution in [1.29, 1.82) is 0 Å². The minimum absolute atomic E-state index is 0.0469. The highest BCUT2D eigenvalue weighted by Crippen LogP contribution is 2.37. The summed E-state index contributed by atoms with van der Waals surface area (Å²) in [5.41, 5.74) is -0.151. The van der Waals surface area contributed by atoms with Gasteiger partial charge in [-0.2, -0.15) is 18.3 Å². The number of alkyl halides is 3. The van der Waals surface area contributed by atoms with E-state index in [4.69, 9.17) is 0 Å². The topological polar surface area (TPSA) is 28.7 Å². The zero-order valence-corrected chi connectivity index (χ0v) is 9.20. The number of H-pyrrole nitrogens is 1. The molecule has 15 heavy (non-hydrogen) atoms. The van der Waals surface area contributed by atoms with E-state index in [2.05, 4.69) is 26.1 Å². The van der Waals surface area contributed by atoms with E-state index in [-0.39, 0.29) is 5.52 Å². The molecular weight excluding hydrogens is 273 g/mol. The molecule has 1 aromatic carbocycles. The van der Waals surface area contributed by atoms with Crippen molar-refractivity contribution in [2.24, 2.45) is 0 Å². The van der Waals surface area contributed by atoms with E-state index in [9.17, 15) is 13.2 Å². The fourth-order valence-corrected chi connectivity index (χ4v) is 2.08. The highest BCUT2D eigenvalue weighted by molar-refractivity contribution is 9.10. The van der Waals surface area contributed by atoms with Crippen LogP contribution < -0.4 is 0 Å². The van der Waals surface area contributed by atoms with Crippen molar-refractivity contribution >= 4 is 26.8 Å². The molecule has 2 rings (SSSR count). The maximum atomic E-state index is 12.6. The molecule has 0 saturated carbocycles. The number of halogens is 4. The number of nitrogens with zero attached hydrogens (tertiary/aromatic N) is 1. The number of benzene rings is 1. The van der Waals surface area contributed by atoms with Crippen LogP contribution in [0.1, 0.15) is 11.3 Å². The first kappa shape index (κ1) is 10.5. The summed E-state index contributed by atoms with van der Waals surface area (Å²) in [5.74, 6) is 0. The van der Waals surface area contributed by atoms with E-state index >= 15 is 0 Å². The Labute approximate surface area is 91.6 Å². The minimum Gasteiger partial charge on any atom is -0.282 e. The van der Waals surface area contributed by atoms with Gasteiger partial charge in [0.2, 0.25) is 0 Å². The summed E-state index contributed by atoms with van der Waals surface area (Å²) < 4.78 is 38.4. The summed E-state index contributed by atoms with van der Waals surface area (Å²) >= 11 is 3.20. The molecular formula is C9H6BrF3N2. The molecule has 80 valence electrons. The van der Waals surface area contributed by atoms with Crippen LogP contribution in [0.2, 0.25) is 0 Å². The van der Waals surface area contributed by atoms with Crippen molar-refractivity contribution in [3.63, 3.8) is 0 Å². The van der Waals surface area contributed by atoms with Crippen LogP contribution >= 0.6 is 15.9 Å². The van der Waals surface area contributed by atoms with Crippen LogP contribution in [0.15, 0.2) is 16.6 Å². The molecule has 0 saturated heterocycles. The summed E-state index contributed by atoms with van der Waals surface area (Å²) in [6, 6.07) is 2.40. The van der Waals surface area contributed by atoms with Gasteiger partial charge in [0.25, 0.3) is 0 Å². The van der Waals surface area contributed by atoms with Crippen LogP contribution in [0.3, 0.4) is 0 Å². The third-order valence-corrected chi connectivity index (χ3v) is 2.80. The fraction of sp³-hybridized carbons (Fsp3) is 0.222. The summed E-state index contributed by atoms with van der Waals surface area (Å²) in [7, 11) is 0. The molecule has 1 aromatic heterocycles. The van der Waals surface area contributed by atoms with Gasteiger partial charge in [0, 0.05) is 15.6 Å². The third-order valence-electron chi connectivity index (χ3n) is 2.14. The van der Waals surface area contributed by atoms with Crippen LogP contribution in [0.25, 0.3) is 10.9 Å². The monoisotopic (exact) mass is 278 g/mol. The van der Waals surface area contributed by atoms with Gasteiger partial charge in [0.15, 0.2) is 0 Å². The quantitative estimate of drug-likeness (QED) is 0.783. The number of rotatable bonds is 0. The van der Waals surface area contributed by atoms with Crippen molar-refractivity contribution < 1.29 is 13.2 Å². The second kappa shape index (κ2) is 3.23. The third kappa shape index (κ3) is 1.62. The summed E-state index contributed by atoms with van der Waals surface area (Å²) in [5, 5.41) is 6.70. The minimum atomic E-state index is -4.37. The number of nitrogens with one attached hydrogen (secondary N) is 1. The Morgan fingerprint density at radius 3 is 2.60 bits per heavy atom. The Balaban J connectivity index is 2.85. The SMILES string of the molecule is Cc1[nH]nc2c(C(F)(F)F)ccc(Br)c12. The molecule has 0 bridgehead atoms. The van der Waals surface area contributed by atoms with Gasteiger partial charge in [-0.3, -0.25) is 5.10 Å². The molecule has 2 nitrogen and oxygen atoms in total. The van der Waals surface area contributed by atoms with Crippen LogP contribution in [0.5, 0.6) is 0 Å². The first-order chi connectivity index (χ1) is 6.91. The Morgan fingerprint density at radius 2 is 2.00 bits per heavy atom. The summed E-state index contributed by atoms with van der Waals surface area (Å²) in [6.07, 6.45) is -4.37. The van der Waals surface area contributed by atoms with Crippen LogP contribution in [0.4, 0.5) is 13.2 Å². The standard InChI is InChI=1S/C9H6BrF3N2/c1-4-7-6(10)3-2-5(9(11,12)13)8(7)15-14-4/h2-3H,1H3,(H,14,15). The first-order valence-electron chi connectivity index (χ1n) is 4.11. The number of fused-ring (bicyclic) bond motifs is 1. The molecule has 0 fully saturated rings. The fourth-order valence-electron chi connectivity index (χ4n) is 1.46. The maximum Gasteiger partial charge on any atom is 0.418 e. The Hall–Kier alpha value is -1.04. The lowest BCUT2D eigenvalue weighted by Crippen LogP contribution is -2.05. The second-order valence-corrected chi connectivity index (χ2v) is 4.02. The van der Waals surface area contributed by atoms with Gasteiger partial charge in [0.05, 0.1) is 5.56 Å². The molecule has 1 heterocycles. The number of aromatic amines is 1. The Kier molecular flexibility index (Phi) is 2.26. The zero-order valence-electron chi connectivity index (χ0n) is 7.61. The molecule has 0 radical (unpaired) electrons.